The van der Waals surface area contributed by atoms with Crippen molar-refractivity contribution < 1.29 is 13.2 Å². The number of aromatic nitrogens is 2. The van der Waals surface area contributed by atoms with Gasteiger partial charge >= 0.3 is 0 Å². The first kappa shape index (κ1) is 22.0. The van der Waals surface area contributed by atoms with Gasteiger partial charge in [0, 0.05) is 43.4 Å². The highest BCUT2D eigenvalue weighted by molar-refractivity contribution is 7.89. The van der Waals surface area contributed by atoms with Gasteiger partial charge in [-0.05, 0) is 57.2 Å². The maximum Gasteiger partial charge on any atom is 0.213 e. The Kier molecular flexibility index (Phi) is 6.48. The average Bonchev–Trinajstić information content (AvgIpc) is 2.79. The molecule has 0 bridgehead atoms. The molecule has 1 saturated heterocycles. The lowest BCUT2D eigenvalue weighted by Gasteiger charge is -2.34. The molecule has 0 aliphatic carbocycles. The number of fused-ring (bicyclic) bond motifs is 1. The van der Waals surface area contributed by atoms with Crippen LogP contribution in [0.25, 0.3) is 0 Å². The van der Waals surface area contributed by atoms with Gasteiger partial charge < -0.3 is 9.64 Å². The maximum atomic E-state index is 12.4. The predicted molar refractivity (Wildman–Crippen MR) is 122 cm³/mol. The van der Waals surface area contributed by atoms with E-state index in [1.54, 1.807) is 18.3 Å². The van der Waals surface area contributed by atoms with Crippen LogP contribution in [0.15, 0.2) is 24.3 Å². The Morgan fingerprint density at radius 1 is 1.19 bits per heavy atom. The van der Waals surface area contributed by atoms with Crippen molar-refractivity contribution in [3.8, 4) is 5.75 Å². The zero-order chi connectivity index (χ0) is 22.0. The quantitative estimate of drug-likeness (QED) is 0.681. The second kappa shape index (κ2) is 9.12. The van der Waals surface area contributed by atoms with Crippen molar-refractivity contribution in [3.63, 3.8) is 0 Å². The van der Waals surface area contributed by atoms with Crippen molar-refractivity contribution in [2.24, 2.45) is 0 Å². The number of rotatable bonds is 6. The van der Waals surface area contributed by atoms with Crippen LogP contribution in [0.2, 0.25) is 0 Å². The third-order valence-corrected chi connectivity index (χ3v) is 8.23. The van der Waals surface area contributed by atoms with Gasteiger partial charge in [-0.3, -0.25) is 0 Å². The van der Waals surface area contributed by atoms with Crippen LogP contribution in [0.3, 0.4) is 0 Å². The molecule has 0 saturated carbocycles. The van der Waals surface area contributed by atoms with E-state index < -0.39 is 10.0 Å². The first-order chi connectivity index (χ1) is 14.9. The third kappa shape index (κ3) is 4.70. The zero-order valence-electron chi connectivity index (χ0n) is 18.7. The van der Waals surface area contributed by atoms with Crippen LogP contribution in [-0.2, 0) is 23.0 Å². The molecule has 8 heteroatoms. The fourth-order valence-electron chi connectivity index (χ4n) is 4.63. The van der Waals surface area contributed by atoms with E-state index >= 15 is 0 Å². The number of anilines is 1. The summed E-state index contributed by atoms with van der Waals surface area (Å²) in [7, 11) is -1.51. The zero-order valence-corrected chi connectivity index (χ0v) is 19.5. The molecule has 1 aromatic heterocycles. The molecule has 2 aliphatic heterocycles. The Hall–Kier alpha value is -2.19. The van der Waals surface area contributed by atoms with Gasteiger partial charge in [0.25, 0.3) is 0 Å². The van der Waals surface area contributed by atoms with Gasteiger partial charge in [0.1, 0.15) is 17.4 Å². The molecule has 1 atom stereocenters. The molecule has 3 heterocycles. The second-order valence-electron chi connectivity index (χ2n) is 8.44. The number of nitrogens with zero attached hydrogens (tertiary/aromatic N) is 4. The summed E-state index contributed by atoms with van der Waals surface area (Å²) in [5.41, 5.74) is 3.42. The number of hydrogen-bond donors (Lipinski definition) is 0. The first-order valence-electron chi connectivity index (χ1n) is 11.1. The van der Waals surface area contributed by atoms with Gasteiger partial charge in [-0.25, -0.2) is 22.7 Å². The van der Waals surface area contributed by atoms with Crippen LogP contribution >= 0.6 is 0 Å². The van der Waals surface area contributed by atoms with Crippen LogP contribution in [0.4, 0.5) is 5.82 Å². The summed E-state index contributed by atoms with van der Waals surface area (Å²) in [5, 5.41) is 0. The highest BCUT2D eigenvalue weighted by Gasteiger charge is 2.31. The Bertz CT molecular complexity index is 1040. The molecule has 0 spiro atoms. The van der Waals surface area contributed by atoms with E-state index in [-0.39, 0.29) is 11.7 Å². The van der Waals surface area contributed by atoms with Gasteiger partial charge in [0.2, 0.25) is 10.0 Å². The van der Waals surface area contributed by atoms with Crippen molar-refractivity contribution in [2.45, 2.75) is 52.0 Å². The van der Waals surface area contributed by atoms with Crippen LogP contribution in [0.5, 0.6) is 5.75 Å². The molecule has 0 unspecified atom stereocenters. The van der Waals surface area contributed by atoms with Crippen molar-refractivity contribution in [3.05, 3.63) is 46.9 Å². The number of methoxy groups -OCH3 is 1. The van der Waals surface area contributed by atoms with Crippen LogP contribution < -0.4 is 9.64 Å². The molecule has 2 aromatic rings. The lowest BCUT2D eigenvalue weighted by molar-refractivity contribution is 0.309. The minimum absolute atomic E-state index is 0.0414. The maximum absolute atomic E-state index is 12.4. The Morgan fingerprint density at radius 3 is 2.81 bits per heavy atom. The Labute approximate surface area is 185 Å². The highest BCUT2D eigenvalue weighted by Crippen LogP contribution is 2.33. The van der Waals surface area contributed by atoms with E-state index in [0.717, 1.165) is 61.9 Å². The third-order valence-electron chi connectivity index (χ3n) is 6.38. The molecular formula is C23H32N4O3S. The fraction of sp³-hybridized carbons (Fsp3) is 0.565. The molecule has 31 heavy (non-hydrogen) atoms. The molecule has 4 rings (SSSR count). The molecule has 7 nitrogen and oxygen atoms in total. The lowest BCUT2D eigenvalue weighted by Crippen LogP contribution is -2.40. The molecule has 2 aliphatic rings. The van der Waals surface area contributed by atoms with E-state index in [9.17, 15) is 8.42 Å². The Morgan fingerprint density at radius 2 is 2.03 bits per heavy atom. The highest BCUT2D eigenvalue weighted by atomic mass is 32.2. The topological polar surface area (TPSA) is 75.6 Å². The van der Waals surface area contributed by atoms with Crippen LogP contribution in [0, 0.1) is 6.92 Å². The number of aryl methyl sites for hydroxylation is 1. The lowest BCUT2D eigenvalue weighted by atomic mass is 9.97. The summed E-state index contributed by atoms with van der Waals surface area (Å²) in [5.74, 6) is 2.82. The summed E-state index contributed by atoms with van der Waals surface area (Å²) >= 11 is 0. The van der Waals surface area contributed by atoms with Crippen LogP contribution in [-0.4, -0.2) is 55.2 Å². The Balaban J connectivity index is 1.62. The van der Waals surface area contributed by atoms with E-state index in [1.165, 1.54) is 11.1 Å². The number of hydrogen-bond acceptors (Lipinski definition) is 6. The smallest absolute Gasteiger partial charge is 0.213 e. The number of ether oxygens (including phenoxy) is 1. The van der Waals surface area contributed by atoms with Crippen molar-refractivity contribution in [1.29, 1.82) is 0 Å². The van der Waals surface area contributed by atoms with Gasteiger partial charge in [0.15, 0.2) is 0 Å². The number of benzene rings is 1. The summed E-state index contributed by atoms with van der Waals surface area (Å²) in [6.07, 6.45) is 3.82. The minimum Gasteiger partial charge on any atom is -0.497 e. The largest absolute Gasteiger partial charge is 0.497 e. The van der Waals surface area contributed by atoms with Crippen LogP contribution in [0.1, 0.15) is 54.7 Å². The summed E-state index contributed by atoms with van der Waals surface area (Å²) in [6, 6.07) is 8.15. The van der Waals surface area contributed by atoms with Crippen molar-refractivity contribution >= 4 is 15.8 Å². The van der Waals surface area contributed by atoms with Crippen molar-refractivity contribution in [2.75, 3.05) is 37.4 Å². The van der Waals surface area contributed by atoms with Gasteiger partial charge in [0.05, 0.1) is 12.9 Å². The summed E-state index contributed by atoms with van der Waals surface area (Å²) < 4.78 is 31.8. The minimum atomic E-state index is -3.19. The SMILES string of the molecule is CCS(=O)(=O)N1CCC[C@@H](c2nc(C)c3c(n2)N(Cc2cccc(OC)c2)CCC3)C1. The molecule has 0 radical (unpaired) electrons. The summed E-state index contributed by atoms with van der Waals surface area (Å²) in [6.45, 7) is 6.54. The number of piperidine rings is 1. The first-order valence-corrected chi connectivity index (χ1v) is 12.7. The molecular weight excluding hydrogens is 412 g/mol. The van der Waals surface area contributed by atoms with Gasteiger partial charge in [-0.1, -0.05) is 12.1 Å². The standard InChI is InChI=1S/C23H32N4O3S/c1-4-31(28,29)27-13-6-9-19(16-27)22-24-17(2)21-11-7-12-26(23(21)25-22)15-18-8-5-10-20(14-18)30-3/h5,8,10,14,19H,4,6-7,9,11-13,15-16H2,1-3H3/t19-/m1/s1. The van der Waals surface area contributed by atoms with Gasteiger partial charge in [-0.15, -0.1) is 0 Å². The van der Waals surface area contributed by atoms with E-state index in [0.29, 0.717) is 13.1 Å². The van der Waals surface area contributed by atoms with Crippen molar-refractivity contribution in [1.82, 2.24) is 14.3 Å². The normalized spacial score (nSPS) is 19.8. The molecule has 1 aromatic carbocycles. The molecule has 168 valence electrons. The summed E-state index contributed by atoms with van der Waals surface area (Å²) in [4.78, 5) is 12.2. The van der Waals surface area contributed by atoms with E-state index in [2.05, 4.69) is 24.0 Å². The molecule has 1 fully saturated rings. The van der Waals surface area contributed by atoms with E-state index in [1.807, 2.05) is 12.1 Å². The predicted octanol–water partition coefficient (Wildman–Crippen LogP) is 3.28. The fourth-order valence-corrected chi connectivity index (χ4v) is 5.80. The molecule has 0 amide bonds. The molecule has 0 N–H and O–H groups in total. The number of sulfonamides is 1. The average molecular weight is 445 g/mol. The monoisotopic (exact) mass is 444 g/mol. The van der Waals surface area contributed by atoms with E-state index in [4.69, 9.17) is 14.7 Å². The van der Waals surface area contributed by atoms with Gasteiger partial charge in [-0.2, -0.15) is 0 Å². The second-order valence-corrected chi connectivity index (χ2v) is 10.7.